The average Bonchev–Trinajstić information content (AvgIpc) is 2.54. The lowest BCUT2D eigenvalue weighted by Crippen LogP contribution is -2.25. The van der Waals surface area contributed by atoms with Crippen molar-refractivity contribution in [1.82, 2.24) is 5.32 Å². The van der Waals surface area contributed by atoms with Gasteiger partial charge in [0, 0.05) is 18.5 Å². The highest BCUT2D eigenvalue weighted by atomic mass is 16.5. The van der Waals surface area contributed by atoms with E-state index in [0.717, 1.165) is 40.7 Å². The van der Waals surface area contributed by atoms with Crippen molar-refractivity contribution in [2.75, 3.05) is 20.8 Å². The maximum atomic E-state index is 11.6. The van der Waals surface area contributed by atoms with Crippen molar-refractivity contribution >= 4 is 16.7 Å². The molecular weight excluding hydrogens is 278 g/mol. The van der Waals surface area contributed by atoms with Crippen LogP contribution in [0.2, 0.25) is 0 Å². The minimum Gasteiger partial charge on any atom is -0.497 e. The third kappa shape index (κ3) is 3.70. The third-order valence-corrected chi connectivity index (χ3v) is 3.69. The topological polar surface area (TPSA) is 47.6 Å². The lowest BCUT2D eigenvalue weighted by atomic mass is 10.0. The van der Waals surface area contributed by atoms with Gasteiger partial charge in [0.2, 0.25) is 5.91 Å². The summed E-state index contributed by atoms with van der Waals surface area (Å²) in [5.41, 5.74) is 1.09. The zero-order valence-corrected chi connectivity index (χ0v) is 13.4. The van der Waals surface area contributed by atoms with Gasteiger partial charge >= 0.3 is 0 Å². The molecule has 1 N–H and O–H groups in total. The van der Waals surface area contributed by atoms with E-state index in [9.17, 15) is 4.79 Å². The number of nitrogens with one attached hydrogen (secondary N) is 1. The highest BCUT2D eigenvalue weighted by Gasteiger charge is 2.10. The summed E-state index contributed by atoms with van der Waals surface area (Å²) in [7, 11) is 3.33. The molecule has 0 fully saturated rings. The first-order chi connectivity index (χ1) is 10.7. The Hall–Kier alpha value is -2.23. The molecule has 0 saturated heterocycles. The molecule has 0 aromatic heterocycles. The Kier molecular flexibility index (Phi) is 5.64. The number of carbonyl (C=O) groups excluding carboxylic acids is 1. The van der Waals surface area contributed by atoms with E-state index < -0.39 is 0 Å². The predicted octanol–water partition coefficient (Wildman–Crippen LogP) is 3.32. The minimum atomic E-state index is 0.0966. The summed E-state index contributed by atoms with van der Waals surface area (Å²) in [6, 6.07) is 10.0. The molecule has 0 aliphatic rings. The Labute approximate surface area is 131 Å². The van der Waals surface area contributed by atoms with Crippen LogP contribution in [-0.4, -0.2) is 26.7 Å². The SMILES string of the molecule is CCCC(=O)NCCc1c(OC)ccc2ccc(OC)cc12. The number of ether oxygens (including phenoxy) is 2. The molecule has 2 aromatic carbocycles. The molecule has 22 heavy (non-hydrogen) atoms. The van der Waals surface area contributed by atoms with Crippen LogP contribution >= 0.6 is 0 Å². The second-order valence-corrected chi connectivity index (χ2v) is 5.18. The number of hydrogen-bond acceptors (Lipinski definition) is 3. The van der Waals surface area contributed by atoms with E-state index >= 15 is 0 Å². The number of methoxy groups -OCH3 is 2. The fraction of sp³-hybridized carbons (Fsp3) is 0.389. The summed E-state index contributed by atoms with van der Waals surface area (Å²) in [5, 5.41) is 5.19. The van der Waals surface area contributed by atoms with E-state index in [1.807, 2.05) is 37.3 Å². The average molecular weight is 301 g/mol. The van der Waals surface area contributed by atoms with Crippen LogP contribution in [0.3, 0.4) is 0 Å². The Balaban J connectivity index is 2.26. The van der Waals surface area contributed by atoms with E-state index in [-0.39, 0.29) is 5.91 Å². The monoisotopic (exact) mass is 301 g/mol. The van der Waals surface area contributed by atoms with Crippen molar-refractivity contribution in [3.63, 3.8) is 0 Å². The summed E-state index contributed by atoms with van der Waals surface area (Å²) in [6.07, 6.45) is 2.16. The van der Waals surface area contributed by atoms with Crippen molar-refractivity contribution in [3.05, 3.63) is 35.9 Å². The molecule has 0 bridgehead atoms. The molecule has 0 unspecified atom stereocenters. The van der Waals surface area contributed by atoms with Crippen LogP contribution in [0.25, 0.3) is 10.8 Å². The maximum absolute atomic E-state index is 11.6. The second-order valence-electron chi connectivity index (χ2n) is 5.18. The Morgan fingerprint density at radius 3 is 2.59 bits per heavy atom. The number of amides is 1. The molecule has 2 rings (SSSR count). The number of hydrogen-bond donors (Lipinski definition) is 1. The number of carbonyl (C=O) groups is 1. The van der Waals surface area contributed by atoms with Gasteiger partial charge in [-0.3, -0.25) is 4.79 Å². The second kappa shape index (κ2) is 7.69. The van der Waals surface area contributed by atoms with Gasteiger partial charge in [0.1, 0.15) is 11.5 Å². The van der Waals surface area contributed by atoms with Crippen molar-refractivity contribution < 1.29 is 14.3 Å². The van der Waals surface area contributed by atoms with E-state index in [1.165, 1.54) is 0 Å². The van der Waals surface area contributed by atoms with Gasteiger partial charge < -0.3 is 14.8 Å². The van der Waals surface area contributed by atoms with Crippen molar-refractivity contribution in [3.8, 4) is 11.5 Å². The normalized spacial score (nSPS) is 10.5. The van der Waals surface area contributed by atoms with Crippen LogP contribution in [-0.2, 0) is 11.2 Å². The highest BCUT2D eigenvalue weighted by molar-refractivity contribution is 5.89. The third-order valence-electron chi connectivity index (χ3n) is 3.69. The number of fused-ring (bicyclic) bond motifs is 1. The van der Waals surface area contributed by atoms with Crippen molar-refractivity contribution in [2.45, 2.75) is 26.2 Å². The first kappa shape index (κ1) is 16.1. The van der Waals surface area contributed by atoms with Crippen LogP contribution in [0.15, 0.2) is 30.3 Å². The van der Waals surface area contributed by atoms with Gasteiger partial charge in [-0.25, -0.2) is 0 Å². The smallest absolute Gasteiger partial charge is 0.219 e. The molecular formula is C18H23NO3. The molecule has 0 aliphatic carbocycles. The molecule has 0 radical (unpaired) electrons. The molecule has 4 heteroatoms. The quantitative estimate of drug-likeness (QED) is 0.853. The van der Waals surface area contributed by atoms with Crippen molar-refractivity contribution in [1.29, 1.82) is 0 Å². The van der Waals surface area contributed by atoms with E-state index in [2.05, 4.69) is 5.32 Å². The van der Waals surface area contributed by atoms with Gasteiger partial charge in [-0.05, 0) is 41.8 Å². The molecule has 4 nitrogen and oxygen atoms in total. The zero-order valence-electron chi connectivity index (χ0n) is 13.4. The molecule has 0 spiro atoms. The largest absolute Gasteiger partial charge is 0.497 e. The van der Waals surface area contributed by atoms with Gasteiger partial charge in [0.25, 0.3) is 0 Å². The van der Waals surface area contributed by atoms with E-state index in [4.69, 9.17) is 9.47 Å². The Bertz CT molecular complexity index is 647. The molecule has 0 aliphatic heterocycles. The fourth-order valence-electron chi connectivity index (χ4n) is 2.56. The van der Waals surface area contributed by atoms with Gasteiger partial charge in [-0.1, -0.05) is 19.1 Å². The molecule has 2 aromatic rings. The summed E-state index contributed by atoms with van der Waals surface area (Å²) < 4.78 is 10.8. The van der Waals surface area contributed by atoms with Gasteiger partial charge in [-0.2, -0.15) is 0 Å². The van der Waals surface area contributed by atoms with Crippen LogP contribution < -0.4 is 14.8 Å². The van der Waals surface area contributed by atoms with Crippen LogP contribution in [0.1, 0.15) is 25.3 Å². The first-order valence-corrected chi connectivity index (χ1v) is 7.60. The summed E-state index contributed by atoms with van der Waals surface area (Å²) in [6.45, 7) is 2.60. The standard InChI is InChI=1S/C18H23NO3/c1-4-5-18(20)19-11-10-15-16-12-14(21-2)8-6-13(16)7-9-17(15)22-3/h6-9,12H,4-5,10-11H2,1-3H3,(H,19,20). The summed E-state index contributed by atoms with van der Waals surface area (Å²) in [5.74, 6) is 1.75. The van der Waals surface area contributed by atoms with Crippen LogP contribution in [0.5, 0.6) is 11.5 Å². The number of benzene rings is 2. The van der Waals surface area contributed by atoms with Crippen LogP contribution in [0, 0.1) is 0 Å². The van der Waals surface area contributed by atoms with Crippen LogP contribution in [0.4, 0.5) is 0 Å². The summed E-state index contributed by atoms with van der Waals surface area (Å²) >= 11 is 0. The lowest BCUT2D eigenvalue weighted by molar-refractivity contribution is -0.121. The number of rotatable bonds is 7. The lowest BCUT2D eigenvalue weighted by Gasteiger charge is -2.13. The first-order valence-electron chi connectivity index (χ1n) is 7.60. The molecule has 0 atom stereocenters. The zero-order chi connectivity index (χ0) is 15.9. The molecule has 0 heterocycles. The van der Waals surface area contributed by atoms with E-state index in [1.54, 1.807) is 14.2 Å². The van der Waals surface area contributed by atoms with Gasteiger partial charge in [-0.15, -0.1) is 0 Å². The van der Waals surface area contributed by atoms with Gasteiger partial charge in [0.15, 0.2) is 0 Å². The minimum absolute atomic E-state index is 0.0966. The Morgan fingerprint density at radius 2 is 1.91 bits per heavy atom. The van der Waals surface area contributed by atoms with E-state index in [0.29, 0.717) is 13.0 Å². The fourth-order valence-corrected chi connectivity index (χ4v) is 2.56. The maximum Gasteiger partial charge on any atom is 0.219 e. The van der Waals surface area contributed by atoms with Crippen molar-refractivity contribution in [2.24, 2.45) is 0 Å². The Morgan fingerprint density at radius 1 is 1.14 bits per heavy atom. The highest BCUT2D eigenvalue weighted by Crippen LogP contribution is 2.31. The molecule has 0 saturated carbocycles. The summed E-state index contributed by atoms with van der Waals surface area (Å²) in [4.78, 5) is 11.6. The predicted molar refractivity (Wildman–Crippen MR) is 88.7 cm³/mol. The molecule has 118 valence electrons. The molecule has 1 amide bonds. The van der Waals surface area contributed by atoms with Gasteiger partial charge in [0.05, 0.1) is 14.2 Å².